The van der Waals surface area contributed by atoms with E-state index in [0.29, 0.717) is 16.3 Å². The molecule has 0 bridgehead atoms. The molecule has 2 aromatic heterocycles. The predicted molar refractivity (Wildman–Crippen MR) is 106 cm³/mol. The molecule has 4 rings (SSSR count). The van der Waals surface area contributed by atoms with Crippen LogP contribution in [0.5, 0.6) is 0 Å². The standard InChI is InChI=1S/C19H15N3O3S2/c23-18-17(12-21-15-7-4-9-20-11-15)27(24,25)22(16-8-10-26-19(16)18)13-14-5-2-1-3-6-14/h1-12,21H,13H2. The van der Waals surface area contributed by atoms with Crippen LogP contribution in [0.15, 0.2) is 77.4 Å². The number of fused-ring (bicyclic) bond motifs is 1. The summed E-state index contributed by atoms with van der Waals surface area (Å²) in [5.74, 6) is -0.499. The van der Waals surface area contributed by atoms with Gasteiger partial charge in [0.1, 0.15) is 4.88 Å². The van der Waals surface area contributed by atoms with Crippen LogP contribution in [0.4, 0.5) is 11.4 Å². The van der Waals surface area contributed by atoms with Gasteiger partial charge >= 0.3 is 0 Å². The molecule has 6 nitrogen and oxygen atoms in total. The van der Waals surface area contributed by atoms with Crippen molar-refractivity contribution >= 4 is 38.5 Å². The number of carbonyl (C=O) groups excluding carboxylic acids is 1. The van der Waals surface area contributed by atoms with Crippen molar-refractivity contribution in [1.29, 1.82) is 0 Å². The van der Waals surface area contributed by atoms with E-state index in [1.54, 1.807) is 36.0 Å². The molecule has 0 saturated heterocycles. The Morgan fingerprint density at radius 3 is 2.67 bits per heavy atom. The Bertz CT molecular complexity index is 1110. The first kappa shape index (κ1) is 17.4. The second-order valence-corrected chi connectivity index (χ2v) is 8.60. The zero-order valence-corrected chi connectivity index (χ0v) is 15.7. The van der Waals surface area contributed by atoms with E-state index >= 15 is 0 Å². The number of rotatable bonds is 4. The van der Waals surface area contributed by atoms with E-state index in [1.807, 2.05) is 30.3 Å². The molecule has 27 heavy (non-hydrogen) atoms. The van der Waals surface area contributed by atoms with Gasteiger partial charge in [-0.15, -0.1) is 11.3 Å². The van der Waals surface area contributed by atoms with Crippen LogP contribution >= 0.6 is 11.3 Å². The number of benzene rings is 1. The number of allylic oxidation sites excluding steroid dienone is 1. The summed E-state index contributed by atoms with van der Waals surface area (Å²) in [4.78, 5) is 16.9. The molecule has 0 saturated carbocycles. The number of aromatic nitrogens is 1. The summed E-state index contributed by atoms with van der Waals surface area (Å²) in [5, 5.41) is 4.59. The highest BCUT2D eigenvalue weighted by Crippen LogP contribution is 2.39. The lowest BCUT2D eigenvalue weighted by Gasteiger charge is -2.29. The molecule has 0 fully saturated rings. The molecule has 1 N–H and O–H groups in total. The first-order valence-electron chi connectivity index (χ1n) is 8.13. The van der Waals surface area contributed by atoms with Gasteiger partial charge in [0.15, 0.2) is 4.91 Å². The van der Waals surface area contributed by atoms with E-state index in [-0.39, 0.29) is 11.4 Å². The van der Waals surface area contributed by atoms with E-state index in [4.69, 9.17) is 0 Å². The SMILES string of the molecule is O=C1C(=CNc2cccnc2)S(=O)(=O)N(Cc2ccccc2)c2ccsc21. The van der Waals surface area contributed by atoms with Crippen molar-refractivity contribution in [3.8, 4) is 0 Å². The number of carbonyl (C=O) groups is 1. The number of Topliss-reactive ketones (excluding diaryl/α,β-unsaturated/α-hetero) is 1. The fourth-order valence-electron chi connectivity index (χ4n) is 2.80. The maximum atomic E-state index is 13.2. The largest absolute Gasteiger partial charge is 0.359 e. The molecule has 0 unspecified atom stereocenters. The van der Waals surface area contributed by atoms with Gasteiger partial charge < -0.3 is 5.32 Å². The van der Waals surface area contributed by atoms with Crippen LogP contribution in [0.2, 0.25) is 0 Å². The molecule has 0 radical (unpaired) electrons. The average Bonchev–Trinajstić information content (AvgIpc) is 3.16. The number of nitrogens with one attached hydrogen (secondary N) is 1. The minimum atomic E-state index is -4.00. The van der Waals surface area contributed by atoms with Crippen LogP contribution < -0.4 is 9.62 Å². The Morgan fingerprint density at radius 2 is 1.93 bits per heavy atom. The third-order valence-electron chi connectivity index (χ3n) is 4.11. The first-order chi connectivity index (χ1) is 13.1. The molecule has 136 valence electrons. The second kappa shape index (κ2) is 6.98. The maximum absolute atomic E-state index is 13.2. The van der Waals surface area contributed by atoms with Gasteiger partial charge in [-0.1, -0.05) is 30.3 Å². The Labute approximate surface area is 160 Å². The lowest BCUT2D eigenvalue weighted by Crippen LogP contribution is -2.38. The normalized spacial score (nSPS) is 17.0. The summed E-state index contributed by atoms with van der Waals surface area (Å²) >= 11 is 1.24. The smallest absolute Gasteiger partial charge is 0.270 e. The number of ketones is 1. The topological polar surface area (TPSA) is 79.4 Å². The van der Waals surface area contributed by atoms with Crippen LogP contribution in [0.3, 0.4) is 0 Å². The number of nitrogens with zero attached hydrogens (tertiary/aromatic N) is 2. The highest BCUT2D eigenvalue weighted by Gasteiger charge is 2.41. The van der Waals surface area contributed by atoms with E-state index in [9.17, 15) is 13.2 Å². The van der Waals surface area contributed by atoms with Gasteiger partial charge in [-0.25, -0.2) is 8.42 Å². The summed E-state index contributed by atoms with van der Waals surface area (Å²) in [5.41, 5.74) is 1.86. The minimum Gasteiger partial charge on any atom is -0.359 e. The molecule has 1 aliphatic rings. The van der Waals surface area contributed by atoms with Gasteiger partial charge in [0.2, 0.25) is 5.78 Å². The Hall–Kier alpha value is -2.97. The lowest BCUT2D eigenvalue weighted by molar-refractivity contribution is 0.104. The quantitative estimate of drug-likeness (QED) is 0.680. The lowest BCUT2D eigenvalue weighted by atomic mass is 10.2. The number of pyridine rings is 1. The van der Waals surface area contributed by atoms with Gasteiger partial charge in [0, 0.05) is 12.4 Å². The van der Waals surface area contributed by atoms with Crippen molar-refractivity contribution in [3.63, 3.8) is 0 Å². The molecule has 0 aliphatic carbocycles. The molecule has 3 aromatic rings. The number of sulfonamides is 1. The Kier molecular flexibility index (Phi) is 4.51. The number of hydrogen-bond donors (Lipinski definition) is 1. The van der Waals surface area contributed by atoms with Crippen LogP contribution in [-0.4, -0.2) is 19.2 Å². The van der Waals surface area contributed by atoms with Gasteiger partial charge in [-0.05, 0) is 29.1 Å². The number of thiophene rings is 1. The summed E-state index contributed by atoms with van der Waals surface area (Å²) in [6.45, 7) is 0.157. The zero-order chi connectivity index (χ0) is 18.9. The molecule has 3 heterocycles. The molecule has 0 atom stereocenters. The Balaban J connectivity index is 1.76. The molecular formula is C19H15N3O3S2. The van der Waals surface area contributed by atoms with Crippen LogP contribution in [0, 0.1) is 0 Å². The van der Waals surface area contributed by atoms with Crippen molar-refractivity contribution < 1.29 is 13.2 Å². The maximum Gasteiger partial charge on any atom is 0.270 e. The van der Waals surface area contributed by atoms with E-state index in [2.05, 4.69) is 10.3 Å². The monoisotopic (exact) mass is 397 g/mol. The van der Waals surface area contributed by atoms with Gasteiger partial charge in [0.05, 0.1) is 24.1 Å². The summed E-state index contributed by atoms with van der Waals surface area (Å²) < 4.78 is 27.7. The minimum absolute atomic E-state index is 0.157. The molecule has 8 heteroatoms. The summed E-state index contributed by atoms with van der Waals surface area (Å²) in [6.07, 6.45) is 4.41. The zero-order valence-electron chi connectivity index (χ0n) is 14.1. The fourth-order valence-corrected chi connectivity index (χ4v) is 5.29. The van der Waals surface area contributed by atoms with Crippen LogP contribution in [-0.2, 0) is 16.6 Å². The van der Waals surface area contributed by atoms with Crippen molar-refractivity contribution in [2.75, 3.05) is 9.62 Å². The van der Waals surface area contributed by atoms with Crippen molar-refractivity contribution in [1.82, 2.24) is 4.98 Å². The van der Waals surface area contributed by atoms with E-state index in [1.165, 1.54) is 21.8 Å². The van der Waals surface area contributed by atoms with Crippen molar-refractivity contribution in [3.05, 3.63) is 87.9 Å². The predicted octanol–water partition coefficient (Wildman–Crippen LogP) is 3.63. The van der Waals surface area contributed by atoms with Crippen molar-refractivity contribution in [2.24, 2.45) is 0 Å². The number of hydrogen-bond acceptors (Lipinski definition) is 6. The van der Waals surface area contributed by atoms with Gasteiger partial charge in [-0.3, -0.25) is 14.1 Å². The van der Waals surface area contributed by atoms with Crippen LogP contribution in [0.1, 0.15) is 15.2 Å². The molecular weight excluding hydrogens is 382 g/mol. The van der Waals surface area contributed by atoms with Gasteiger partial charge in [-0.2, -0.15) is 0 Å². The molecule has 1 aliphatic heterocycles. The first-order valence-corrected chi connectivity index (χ1v) is 10.4. The summed E-state index contributed by atoms with van der Waals surface area (Å²) in [6, 6.07) is 14.4. The average molecular weight is 397 g/mol. The highest BCUT2D eigenvalue weighted by atomic mass is 32.2. The third kappa shape index (κ3) is 3.24. The highest BCUT2D eigenvalue weighted by molar-refractivity contribution is 7.97. The van der Waals surface area contributed by atoms with Crippen molar-refractivity contribution in [2.45, 2.75) is 6.54 Å². The molecule has 1 aromatic carbocycles. The van der Waals surface area contributed by atoms with Crippen LogP contribution in [0.25, 0.3) is 0 Å². The molecule has 0 amide bonds. The number of anilines is 2. The van der Waals surface area contributed by atoms with E-state index < -0.39 is 15.8 Å². The third-order valence-corrected chi connectivity index (χ3v) is 6.78. The second-order valence-electron chi connectivity index (χ2n) is 5.86. The Morgan fingerprint density at radius 1 is 1.11 bits per heavy atom. The van der Waals surface area contributed by atoms with E-state index in [0.717, 1.165) is 5.56 Å². The molecule has 0 spiro atoms. The summed E-state index contributed by atoms with van der Waals surface area (Å²) in [7, 11) is -4.00. The fraction of sp³-hybridized carbons (Fsp3) is 0.0526. The van der Waals surface area contributed by atoms with Gasteiger partial charge in [0.25, 0.3) is 10.0 Å².